The Balaban J connectivity index is 1.98. The van der Waals surface area contributed by atoms with Crippen LogP contribution in [-0.4, -0.2) is 38.2 Å². The van der Waals surface area contributed by atoms with Crippen LogP contribution in [0.1, 0.15) is 26.2 Å². The molecule has 5 heteroatoms. The minimum atomic E-state index is -0.399. The molecule has 1 atom stereocenters. The van der Waals surface area contributed by atoms with Crippen molar-refractivity contribution < 1.29 is 9.13 Å². The van der Waals surface area contributed by atoms with Crippen molar-refractivity contribution in [3.63, 3.8) is 0 Å². The first kappa shape index (κ1) is 15.9. The molecule has 0 aromatic heterocycles. The highest BCUT2D eigenvalue weighted by atomic mass is 19.1. The Morgan fingerprint density at radius 3 is 3.00 bits per heavy atom. The van der Waals surface area contributed by atoms with Gasteiger partial charge in [0.15, 0.2) is 11.6 Å². The summed E-state index contributed by atoms with van der Waals surface area (Å²) in [5.74, 6) is 0.478. The Morgan fingerprint density at radius 2 is 2.29 bits per heavy atom. The number of hydrogen-bond acceptors (Lipinski definition) is 4. The summed E-state index contributed by atoms with van der Waals surface area (Å²) in [4.78, 5) is 2.35. The molecule has 0 radical (unpaired) electrons. The van der Waals surface area contributed by atoms with Crippen LogP contribution in [0.15, 0.2) is 12.1 Å². The third-order valence-electron chi connectivity index (χ3n) is 3.87. The second kappa shape index (κ2) is 7.50. The molecule has 2 rings (SSSR count). The molecular weight excluding hydrogens is 269 g/mol. The summed E-state index contributed by atoms with van der Waals surface area (Å²) in [6.45, 7) is 5.62. The van der Waals surface area contributed by atoms with Crippen molar-refractivity contribution in [1.82, 2.24) is 4.90 Å². The smallest absolute Gasteiger partial charge is 0.167 e. The largest absolute Gasteiger partial charge is 0.490 e. The van der Waals surface area contributed by atoms with Gasteiger partial charge < -0.3 is 20.7 Å². The Morgan fingerprint density at radius 1 is 1.48 bits per heavy atom. The first-order chi connectivity index (χ1) is 10.1. The monoisotopic (exact) mass is 295 g/mol. The van der Waals surface area contributed by atoms with Crippen LogP contribution >= 0.6 is 0 Å². The van der Waals surface area contributed by atoms with Gasteiger partial charge in [-0.3, -0.25) is 0 Å². The topological polar surface area (TPSA) is 50.5 Å². The number of ether oxygens (including phenoxy) is 1. The van der Waals surface area contributed by atoms with Gasteiger partial charge in [0, 0.05) is 25.2 Å². The third kappa shape index (κ3) is 4.49. The zero-order chi connectivity index (χ0) is 15.2. The van der Waals surface area contributed by atoms with Gasteiger partial charge in [0.25, 0.3) is 0 Å². The molecule has 1 aromatic carbocycles. The minimum Gasteiger partial charge on any atom is -0.490 e. The fraction of sp³-hybridized carbons (Fsp3) is 0.625. The van der Waals surface area contributed by atoms with Gasteiger partial charge in [0.1, 0.15) is 0 Å². The molecule has 118 valence electrons. The Hall–Kier alpha value is -1.49. The van der Waals surface area contributed by atoms with Crippen molar-refractivity contribution in [2.75, 3.05) is 44.3 Å². The number of nitrogens with zero attached hydrogens (tertiary/aromatic N) is 1. The van der Waals surface area contributed by atoms with Crippen LogP contribution in [0.5, 0.6) is 5.75 Å². The lowest BCUT2D eigenvalue weighted by atomic mass is 9.98. The molecule has 1 fully saturated rings. The summed E-state index contributed by atoms with van der Waals surface area (Å²) >= 11 is 0. The van der Waals surface area contributed by atoms with Crippen LogP contribution in [-0.2, 0) is 0 Å². The van der Waals surface area contributed by atoms with E-state index in [9.17, 15) is 4.39 Å². The van der Waals surface area contributed by atoms with E-state index >= 15 is 0 Å². The van der Waals surface area contributed by atoms with Crippen LogP contribution in [0, 0.1) is 11.7 Å². The van der Waals surface area contributed by atoms with Gasteiger partial charge in [-0.2, -0.15) is 0 Å². The van der Waals surface area contributed by atoms with E-state index in [4.69, 9.17) is 10.5 Å². The maximum atomic E-state index is 13.8. The van der Waals surface area contributed by atoms with Crippen LogP contribution < -0.4 is 15.8 Å². The SMILES string of the molecule is CCCOc1cc(NCC2CCCN(C)C2)c(N)cc1F. The van der Waals surface area contributed by atoms with Gasteiger partial charge in [-0.05, 0) is 38.8 Å². The lowest BCUT2D eigenvalue weighted by molar-refractivity contribution is 0.217. The highest BCUT2D eigenvalue weighted by Gasteiger charge is 2.17. The molecule has 1 aromatic rings. The van der Waals surface area contributed by atoms with Gasteiger partial charge in [-0.25, -0.2) is 4.39 Å². The molecule has 0 aliphatic carbocycles. The molecule has 1 saturated heterocycles. The normalized spacial score (nSPS) is 19.5. The molecule has 1 heterocycles. The number of rotatable bonds is 6. The molecular formula is C16H26FN3O. The fourth-order valence-electron chi connectivity index (χ4n) is 2.74. The number of nitrogens with one attached hydrogen (secondary N) is 1. The second-order valence-corrected chi connectivity index (χ2v) is 5.87. The van der Waals surface area contributed by atoms with E-state index in [0.29, 0.717) is 18.2 Å². The first-order valence-corrected chi connectivity index (χ1v) is 7.74. The fourth-order valence-corrected chi connectivity index (χ4v) is 2.74. The van der Waals surface area contributed by atoms with Gasteiger partial charge in [-0.15, -0.1) is 0 Å². The Labute approximate surface area is 126 Å². The summed E-state index contributed by atoms with van der Waals surface area (Å²) in [5.41, 5.74) is 7.08. The van der Waals surface area contributed by atoms with Gasteiger partial charge in [0.05, 0.1) is 18.0 Å². The molecule has 0 saturated carbocycles. The molecule has 1 aliphatic heterocycles. The zero-order valence-electron chi connectivity index (χ0n) is 13.0. The molecule has 0 amide bonds. The number of benzene rings is 1. The van der Waals surface area contributed by atoms with Gasteiger partial charge >= 0.3 is 0 Å². The number of anilines is 2. The van der Waals surface area contributed by atoms with Gasteiger partial charge in [0.2, 0.25) is 0 Å². The summed E-state index contributed by atoms with van der Waals surface area (Å²) in [5, 5.41) is 3.35. The third-order valence-corrected chi connectivity index (χ3v) is 3.87. The Bertz CT molecular complexity index is 467. The number of halogens is 1. The van der Waals surface area contributed by atoms with Crippen LogP contribution in [0.25, 0.3) is 0 Å². The maximum absolute atomic E-state index is 13.8. The molecule has 0 bridgehead atoms. The van der Waals surface area contributed by atoms with Gasteiger partial charge in [-0.1, -0.05) is 6.92 Å². The molecule has 0 spiro atoms. The predicted molar refractivity (Wildman–Crippen MR) is 85.3 cm³/mol. The van der Waals surface area contributed by atoms with Crippen molar-refractivity contribution in [2.24, 2.45) is 5.92 Å². The number of nitrogens with two attached hydrogens (primary N) is 1. The van der Waals surface area contributed by atoms with Crippen LogP contribution in [0.3, 0.4) is 0 Å². The Kier molecular flexibility index (Phi) is 5.67. The van der Waals surface area contributed by atoms with E-state index in [2.05, 4.69) is 17.3 Å². The quantitative estimate of drug-likeness (QED) is 0.792. The van der Waals surface area contributed by atoms with Crippen LogP contribution in [0.2, 0.25) is 0 Å². The lowest BCUT2D eigenvalue weighted by Crippen LogP contribution is -2.35. The second-order valence-electron chi connectivity index (χ2n) is 5.87. The van der Waals surface area contributed by atoms with Crippen molar-refractivity contribution >= 4 is 11.4 Å². The maximum Gasteiger partial charge on any atom is 0.167 e. The summed E-state index contributed by atoms with van der Waals surface area (Å²) in [7, 11) is 2.15. The van der Waals surface area contributed by atoms with Crippen molar-refractivity contribution in [2.45, 2.75) is 26.2 Å². The molecule has 4 nitrogen and oxygen atoms in total. The van der Waals surface area contributed by atoms with E-state index in [1.54, 1.807) is 6.07 Å². The summed E-state index contributed by atoms with van der Waals surface area (Å²) in [6.07, 6.45) is 3.30. The average molecular weight is 295 g/mol. The van der Waals surface area contributed by atoms with Crippen molar-refractivity contribution in [1.29, 1.82) is 0 Å². The zero-order valence-corrected chi connectivity index (χ0v) is 13.0. The van der Waals surface area contributed by atoms with Crippen molar-refractivity contribution in [3.8, 4) is 5.75 Å². The van der Waals surface area contributed by atoms with Crippen molar-refractivity contribution in [3.05, 3.63) is 17.9 Å². The van der Waals surface area contributed by atoms with E-state index in [0.717, 1.165) is 25.2 Å². The van der Waals surface area contributed by atoms with E-state index < -0.39 is 5.82 Å². The number of piperidine rings is 1. The highest BCUT2D eigenvalue weighted by molar-refractivity contribution is 5.68. The summed E-state index contributed by atoms with van der Waals surface area (Å²) < 4.78 is 19.2. The van der Waals surface area contributed by atoms with E-state index in [1.807, 2.05) is 6.92 Å². The number of nitrogen functional groups attached to an aromatic ring is 1. The lowest BCUT2D eigenvalue weighted by Gasteiger charge is -2.30. The molecule has 1 aliphatic rings. The standard InChI is InChI=1S/C16H26FN3O/c1-3-7-21-16-9-15(14(18)8-13(16)17)19-10-12-5-4-6-20(2)11-12/h8-9,12,19H,3-7,10-11,18H2,1-2H3. The first-order valence-electron chi connectivity index (χ1n) is 7.74. The molecule has 3 N–H and O–H groups in total. The predicted octanol–water partition coefficient (Wildman–Crippen LogP) is 2.95. The number of likely N-dealkylation sites (tertiary alicyclic amines) is 1. The van der Waals surface area contributed by atoms with E-state index in [-0.39, 0.29) is 5.75 Å². The molecule has 21 heavy (non-hydrogen) atoms. The molecule has 1 unspecified atom stereocenters. The van der Waals surface area contributed by atoms with Crippen LogP contribution in [0.4, 0.5) is 15.8 Å². The summed E-state index contributed by atoms with van der Waals surface area (Å²) in [6, 6.07) is 3.01. The highest BCUT2D eigenvalue weighted by Crippen LogP contribution is 2.29. The number of hydrogen-bond donors (Lipinski definition) is 2. The minimum absolute atomic E-state index is 0.273. The average Bonchev–Trinajstić information content (AvgIpc) is 2.45. The van der Waals surface area contributed by atoms with E-state index in [1.165, 1.54) is 25.5 Å².